The van der Waals surface area contributed by atoms with Crippen LogP contribution in [0.5, 0.6) is 0 Å². The molecule has 3 nitrogen and oxygen atoms in total. The van der Waals surface area contributed by atoms with Crippen LogP contribution >= 0.6 is 0 Å². The smallest absolute Gasteiger partial charge is 0.223 e. The van der Waals surface area contributed by atoms with Gasteiger partial charge in [-0.25, -0.2) is 0 Å². The molecule has 15 heavy (non-hydrogen) atoms. The standard InChI is InChI=1S/C12H22N2O/c1-3-4-5-7-14-12(15)11-6-8-13-10(2)9-11/h3-4,10-11,13H,5-9H2,1-2H3,(H,14,15)/b4-3+. The number of nitrogens with one attached hydrogen (secondary N) is 2. The highest BCUT2D eigenvalue weighted by Crippen LogP contribution is 2.15. The van der Waals surface area contributed by atoms with Crippen molar-refractivity contribution in [3.05, 3.63) is 12.2 Å². The van der Waals surface area contributed by atoms with Crippen molar-refractivity contribution in [3.8, 4) is 0 Å². The first-order valence-electron chi connectivity index (χ1n) is 5.86. The molecule has 2 N–H and O–H groups in total. The minimum absolute atomic E-state index is 0.215. The van der Waals surface area contributed by atoms with Crippen LogP contribution in [0.4, 0.5) is 0 Å². The Hall–Kier alpha value is -0.830. The molecule has 2 unspecified atom stereocenters. The summed E-state index contributed by atoms with van der Waals surface area (Å²) in [6, 6.07) is 0.477. The molecule has 1 aliphatic heterocycles. The van der Waals surface area contributed by atoms with E-state index in [4.69, 9.17) is 0 Å². The number of hydrogen-bond donors (Lipinski definition) is 2. The van der Waals surface area contributed by atoms with E-state index in [0.717, 1.165) is 32.4 Å². The number of hydrogen-bond acceptors (Lipinski definition) is 2. The van der Waals surface area contributed by atoms with E-state index in [0.29, 0.717) is 6.04 Å². The molecule has 2 atom stereocenters. The van der Waals surface area contributed by atoms with Gasteiger partial charge < -0.3 is 10.6 Å². The fraction of sp³-hybridized carbons (Fsp3) is 0.750. The normalized spacial score (nSPS) is 26.8. The third-order valence-electron chi connectivity index (χ3n) is 2.84. The predicted molar refractivity (Wildman–Crippen MR) is 62.6 cm³/mol. The average Bonchev–Trinajstić information content (AvgIpc) is 2.24. The van der Waals surface area contributed by atoms with E-state index in [1.807, 2.05) is 13.0 Å². The summed E-state index contributed by atoms with van der Waals surface area (Å²) >= 11 is 0. The molecule has 3 heteroatoms. The van der Waals surface area contributed by atoms with Gasteiger partial charge in [0, 0.05) is 18.5 Å². The van der Waals surface area contributed by atoms with Crippen molar-refractivity contribution in [2.75, 3.05) is 13.1 Å². The van der Waals surface area contributed by atoms with Gasteiger partial charge in [0.25, 0.3) is 0 Å². The van der Waals surface area contributed by atoms with E-state index in [-0.39, 0.29) is 11.8 Å². The molecule has 0 bridgehead atoms. The van der Waals surface area contributed by atoms with Crippen molar-refractivity contribution in [2.24, 2.45) is 5.92 Å². The van der Waals surface area contributed by atoms with Crippen molar-refractivity contribution in [3.63, 3.8) is 0 Å². The second-order valence-corrected chi connectivity index (χ2v) is 4.23. The molecule has 0 aliphatic carbocycles. The zero-order chi connectivity index (χ0) is 11.1. The Bertz CT molecular complexity index is 226. The Morgan fingerprint density at radius 3 is 3.07 bits per heavy atom. The van der Waals surface area contributed by atoms with E-state index in [9.17, 15) is 4.79 Å². The topological polar surface area (TPSA) is 41.1 Å². The lowest BCUT2D eigenvalue weighted by Crippen LogP contribution is -2.42. The van der Waals surface area contributed by atoms with Crippen LogP contribution in [0.2, 0.25) is 0 Å². The molecular formula is C12H22N2O. The van der Waals surface area contributed by atoms with Crippen LogP contribution in [-0.4, -0.2) is 25.0 Å². The van der Waals surface area contributed by atoms with Gasteiger partial charge in [0.05, 0.1) is 0 Å². The summed E-state index contributed by atoms with van der Waals surface area (Å²) in [5.41, 5.74) is 0. The fourth-order valence-corrected chi connectivity index (χ4v) is 1.96. The van der Waals surface area contributed by atoms with Gasteiger partial charge in [0.2, 0.25) is 5.91 Å². The number of carbonyl (C=O) groups excluding carboxylic acids is 1. The minimum Gasteiger partial charge on any atom is -0.356 e. The molecule has 0 spiro atoms. The van der Waals surface area contributed by atoms with Crippen LogP contribution in [0, 0.1) is 5.92 Å². The second kappa shape index (κ2) is 6.62. The molecule has 0 saturated carbocycles. The zero-order valence-electron chi connectivity index (χ0n) is 9.75. The summed E-state index contributed by atoms with van der Waals surface area (Å²) in [7, 11) is 0. The Kier molecular flexibility index (Phi) is 5.40. The van der Waals surface area contributed by atoms with Crippen LogP contribution in [0.1, 0.15) is 33.1 Å². The third-order valence-corrected chi connectivity index (χ3v) is 2.84. The minimum atomic E-state index is 0.215. The molecule has 1 heterocycles. The molecule has 0 aromatic carbocycles. The highest BCUT2D eigenvalue weighted by atomic mass is 16.1. The van der Waals surface area contributed by atoms with Crippen molar-refractivity contribution in [2.45, 2.75) is 39.2 Å². The molecule has 0 radical (unpaired) electrons. The first kappa shape index (κ1) is 12.2. The zero-order valence-corrected chi connectivity index (χ0v) is 9.75. The van der Waals surface area contributed by atoms with Gasteiger partial charge in [0.1, 0.15) is 0 Å². The molecule has 0 aromatic heterocycles. The highest BCUT2D eigenvalue weighted by molar-refractivity contribution is 5.78. The first-order chi connectivity index (χ1) is 7.24. The van der Waals surface area contributed by atoms with Gasteiger partial charge in [-0.05, 0) is 39.7 Å². The lowest BCUT2D eigenvalue weighted by Gasteiger charge is -2.27. The van der Waals surface area contributed by atoms with Gasteiger partial charge in [-0.2, -0.15) is 0 Å². The van der Waals surface area contributed by atoms with Gasteiger partial charge in [-0.1, -0.05) is 12.2 Å². The first-order valence-corrected chi connectivity index (χ1v) is 5.86. The van der Waals surface area contributed by atoms with Crippen molar-refractivity contribution >= 4 is 5.91 Å². The van der Waals surface area contributed by atoms with E-state index in [1.165, 1.54) is 0 Å². The lowest BCUT2D eigenvalue weighted by atomic mass is 9.92. The Morgan fingerprint density at radius 2 is 2.40 bits per heavy atom. The van der Waals surface area contributed by atoms with Gasteiger partial charge >= 0.3 is 0 Å². The van der Waals surface area contributed by atoms with Crippen molar-refractivity contribution in [1.29, 1.82) is 0 Å². The fourth-order valence-electron chi connectivity index (χ4n) is 1.96. The molecular weight excluding hydrogens is 188 g/mol. The Morgan fingerprint density at radius 1 is 1.60 bits per heavy atom. The average molecular weight is 210 g/mol. The molecule has 1 aliphatic rings. The highest BCUT2D eigenvalue weighted by Gasteiger charge is 2.23. The number of rotatable bonds is 4. The van der Waals surface area contributed by atoms with E-state index in [2.05, 4.69) is 23.6 Å². The second-order valence-electron chi connectivity index (χ2n) is 4.23. The SMILES string of the molecule is C/C=C/CCNC(=O)C1CCNC(C)C1. The Labute approximate surface area is 92.3 Å². The summed E-state index contributed by atoms with van der Waals surface area (Å²) in [5, 5.41) is 6.34. The van der Waals surface area contributed by atoms with Crippen LogP contribution in [0.25, 0.3) is 0 Å². The van der Waals surface area contributed by atoms with Gasteiger partial charge in [-0.3, -0.25) is 4.79 Å². The van der Waals surface area contributed by atoms with Crippen molar-refractivity contribution in [1.82, 2.24) is 10.6 Å². The van der Waals surface area contributed by atoms with Crippen LogP contribution in [-0.2, 0) is 4.79 Å². The van der Waals surface area contributed by atoms with Crippen LogP contribution in [0.15, 0.2) is 12.2 Å². The summed E-state index contributed by atoms with van der Waals surface area (Å²) in [6.07, 6.45) is 6.96. The number of allylic oxidation sites excluding steroid dienone is 1. The quantitative estimate of drug-likeness (QED) is 0.545. The molecule has 1 fully saturated rings. The van der Waals surface area contributed by atoms with Gasteiger partial charge in [0.15, 0.2) is 0 Å². The maximum absolute atomic E-state index is 11.7. The molecule has 0 aromatic rings. The Balaban J connectivity index is 2.21. The maximum Gasteiger partial charge on any atom is 0.223 e. The van der Waals surface area contributed by atoms with Gasteiger partial charge in [-0.15, -0.1) is 0 Å². The lowest BCUT2D eigenvalue weighted by molar-refractivity contribution is -0.126. The summed E-state index contributed by atoms with van der Waals surface area (Å²) < 4.78 is 0. The number of carbonyl (C=O) groups is 1. The van der Waals surface area contributed by atoms with E-state index in [1.54, 1.807) is 0 Å². The van der Waals surface area contributed by atoms with Crippen molar-refractivity contribution < 1.29 is 4.79 Å². The summed E-state index contributed by atoms with van der Waals surface area (Å²) in [4.78, 5) is 11.7. The van der Waals surface area contributed by atoms with E-state index < -0.39 is 0 Å². The summed E-state index contributed by atoms with van der Waals surface area (Å²) in [6.45, 7) is 5.87. The number of piperidine rings is 1. The predicted octanol–water partition coefficient (Wildman–Crippen LogP) is 1.46. The van der Waals surface area contributed by atoms with Crippen LogP contribution in [0.3, 0.4) is 0 Å². The monoisotopic (exact) mass is 210 g/mol. The van der Waals surface area contributed by atoms with Crippen LogP contribution < -0.4 is 10.6 Å². The third kappa shape index (κ3) is 4.47. The largest absolute Gasteiger partial charge is 0.356 e. The molecule has 1 rings (SSSR count). The maximum atomic E-state index is 11.7. The summed E-state index contributed by atoms with van der Waals surface area (Å²) in [5.74, 6) is 0.444. The number of amides is 1. The molecule has 1 saturated heterocycles. The molecule has 1 amide bonds. The molecule has 86 valence electrons. The van der Waals surface area contributed by atoms with E-state index >= 15 is 0 Å².